The Morgan fingerprint density at radius 3 is 2.71 bits per heavy atom. The summed E-state index contributed by atoms with van der Waals surface area (Å²) in [6, 6.07) is 4.21. The third-order valence-electron chi connectivity index (χ3n) is 3.36. The molecule has 0 spiro atoms. The minimum absolute atomic E-state index is 0.0418. The van der Waals surface area contributed by atoms with Crippen LogP contribution in [0.25, 0.3) is 0 Å². The Kier molecular flexibility index (Phi) is 3.35. The highest BCUT2D eigenvalue weighted by Crippen LogP contribution is 2.40. The van der Waals surface area contributed by atoms with E-state index in [2.05, 4.69) is 5.32 Å². The van der Waals surface area contributed by atoms with Gasteiger partial charge in [0.25, 0.3) is 0 Å². The van der Waals surface area contributed by atoms with E-state index in [1.165, 1.54) is 12.1 Å². The second-order valence-electron chi connectivity index (χ2n) is 4.42. The Morgan fingerprint density at radius 1 is 1.53 bits per heavy atom. The predicted octanol–water partition coefficient (Wildman–Crippen LogP) is 2.55. The molecule has 3 nitrogen and oxygen atoms in total. The summed E-state index contributed by atoms with van der Waals surface area (Å²) in [6.07, 6.45) is 2.61. The first kappa shape index (κ1) is 12.3. The van der Waals surface area contributed by atoms with Gasteiger partial charge in [-0.3, -0.25) is 4.79 Å². The molecule has 1 aromatic carbocycles. The maximum Gasteiger partial charge on any atom is 0.231 e. The predicted molar refractivity (Wildman–Crippen MR) is 65.4 cm³/mol. The van der Waals surface area contributed by atoms with Crippen LogP contribution in [0, 0.1) is 11.2 Å². The number of halogens is 2. The zero-order valence-corrected chi connectivity index (χ0v) is 10.1. The van der Waals surface area contributed by atoms with Crippen molar-refractivity contribution in [2.45, 2.75) is 19.3 Å². The molecule has 1 amide bonds. The molecule has 0 aliphatic heterocycles. The molecule has 0 saturated heterocycles. The Labute approximate surface area is 104 Å². The lowest BCUT2D eigenvalue weighted by molar-refractivity contribution is -0.129. The van der Waals surface area contributed by atoms with E-state index in [1.54, 1.807) is 6.07 Å². The summed E-state index contributed by atoms with van der Waals surface area (Å²) in [7, 11) is 0. The fourth-order valence-corrected chi connectivity index (χ4v) is 2.08. The lowest BCUT2D eigenvalue weighted by atomic mass is 9.68. The first-order chi connectivity index (χ1) is 8.07. The number of hydrogen-bond acceptors (Lipinski definition) is 2. The molecule has 1 fully saturated rings. The maximum absolute atomic E-state index is 13.2. The van der Waals surface area contributed by atoms with Crippen LogP contribution in [-0.4, -0.2) is 12.5 Å². The average Bonchev–Trinajstić information content (AvgIpc) is 2.23. The van der Waals surface area contributed by atoms with Gasteiger partial charge in [0.05, 0.1) is 10.4 Å². The van der Waals surface area contributed by atoms with E-state index < -0.39 is 11.2 Å². The fourth-order valence-electron chi connectivity index (χ4n) is 1.96. The van der Waals surface area contributed by atoms with Crippen molar-refractivity contribution in [3.8, 4) is 0 Å². The van der Waals surface area contributed by atoms with Gasteiger partial charge in [-0.05, 0) is 31.0 Å². The van der Waals surface area contributed by atoms with Gasteiger partial charge in [0.15, 0.2) is 0 Å². The summed E-state index contributed by atoms with van der Waals surface area (Å²) in [5.74, 6) is -0.673. The number of carbonyl (C=O) groups is 1. The normalized spacial score (nSPS) is 17.4. The van der Waals surface area contributed by atoms with Crippen LogP contribution in [0.5, 0.6) is 0 Å². The molecular weight excluding hydrogens is 243 g/mol. The van der Waals surface area contributed by atoms with Gasteiger partial charge in [-0.1, -0.05) is 18.0 Å². The van der Waals surface area contributed by atoms with Crippen LogP contribution in [-0.2, 0) is 4.79 Å². The van der Waals surface area contributed by atoms with Gasteiger partial charge in [-0.2, -0.15) is 0 Å². The molecule has 0 unspecified atom stereocenters. The summed E-state index contributed by atoms with van der Waals surface area (Å²) in [4.78, 5) is 12.0. The maximum atomic E-state index is 13.2. The Bertz CT molecular complexity index is 441. The second kappa shape index (κ2) is 4.63. The van der Waals surface area contributed by atoms with Gasteiger partial charge >= 0.3 is 0 Å². The van der Waals surface area contributed by atoms with Crippen molar-refractivity contribution in [3.63, 3.8) is 0 Å². The molecule has 5 heteroatoms. The number of carbonyl (C=O) groups excluding carboxylic acids is 1. The lowest BCUT2D eigenvalue weighted by Crippen LogP contribution is -2.47. The third kappa shape index (κ3) is 2.28. The largest absolute Gasteiger partial charge is 0.329 e. The molecule has 0 aromatic heterocycles. The second-order valence-corrected chi connectivity index (χ2v) is 4.83. The topological polar surface area (TPSA) is 55.1 Å². The van der Waals surface area contributed by atoms with E-state index in [0.29, 0.717) is 12.2 Å². The molecule has 0 heterocycles. The first-order valence-corrected chi connectivity index (χ1v) is 5.92. The highest BCUT2D eigenvalue weighted by atomic mass is 35.5. The van der Waals surface area contributed by atoms with Crippen LogP contribution in [0.3, 0.4) is 0 Å². The van der Waals surface area contributed by atoms with Crippen LogP contribution < -0.4 is 11.1 Å². The molecule has 1 aromatic rings. The zero-order valence-electron chi connectivity index (χ0n) is 9.30. The van der Waals surface area contributed by atoms with E-state index in [9.17, 15) is 9.18 Å². The molecule has 0 bridgehead atoms. The Hall–Kier alpha value is -1.13. The Morgan fingerprint density at radius 2 is 2.24 bits per heavy atom. The molecule has 3 N–H and O–H groups in total. The zero-order chi connectivity index (χ0) is 12.5. The van der Waals surface area contributed by atoms with Crippen molar-refractivity contribution in [1.82, 2.24) is 0 Å². The number of benzene rings is 1. The minimum Gasteiger partial charge on any atom is -0.329 e. The molecule has 2 rings (SSSR count). The first-order valence-electron chi connectivity index (χ1n) is 5.54. The monoisotopic (exact) mass is 256 g/mol. The molecular formula is C12H14ClFN2O. The van der Waals surface area contributed by atoms with Gasteiger partial charge < -0.3 is 11.1 Å². The molecule has 1 saturated carbocycles. The van der Waals surface area contributed by atoms with E-state index >= 15 is 0 Å². The smallest absolute Gasteiger partial charge is 0.231 e. The number of nitrogens with two attached hydrogens (primary N) is 1. The summed E-state index contributed by atoms with van der Waals surface area (Å²) in [5.41, 5.74) is 5.57. The third-order valence-corrected chi connectivity index (χ3v) is 3.67. The van der Waals surface area contributed by atoms with Crippen molar-refractivity contribution in [3.05, 3.63) is 29.0 Å². The number of rotatable bonds is 3. The van der Waals surface area contributed by atoms with Crippen LogP contribution in [0.4, 0.5) is 10.1 Å². The van der Waals surface area contributed by atoms with Crippen LogP contribution in [0.1, 0.15) is 19.3 Å². The van der Waals surface area contributed by atoms with Crippen molar-refractivity contribution in [1.29, 1.82) is 0 Å². The van der Waals surface area contributed by atoms with Crippen LogP contribution in [0.2, 0.25) is 5.02 Å². The van der Waals surface area contributed by atoms with E-state index in [4.69, 9.17) is 17.3 Å². The Balaban J connectivity index is 2.10. The number of amides is 1. The summed E-state index contributed by atoms with van der Waals surface area (Å²) >= 11 is 5.57. The average molecular weight is 257 g/mol. The summed E-state index contributed by atoms with van der Waals surface area (Å²) < 4.78 is 13.2. The lowest BCUT2D eigenvalue weighted by Gasteiger charge is -2.39. The van der Waals surface area contributed by atoms with Crippen LogP contribution in [0.15, 0.2) is 18.2 Å². The highest BCUT2D eigenvalue weighted by molar-refractivity contribution is 6.30. The number of nitrogens with one attached hydrogen (secondary N) is 1. The van der Waals surface area contributed by atoms with Gasteiger partial charge in [0.2, 0.25) is 5.91 Å². The standard InChI is InChI=1S/C12H14ClFN2O/c13-9-3-2-8(6-10(9)14)16-11(17)12(7-15)4-1-5-12/h2-3,6H,1,4-5,7,15H2,(H,16,17). The van der Waals surface area contributed by atoms with Crippen molar-refractivity contribution in [2.75, 3.05) is 11.9 Å². The van der Waals surface area contributed by atoms with Gasteiger partial charge in [0, 0.05) is 12.2 Å². The highest BCUT2D eigenvalue weighted by Gasteiger charge is 2.42. The van der Waals surface area contributed by atoms with E-state index in [0.717, 1.165) is 19.3 Å². The van der Waals surface area contributed by atoms with Gasteiger partial charge in [0.1, 0.15) is 5.82 Å². The van der Waals surface area contributed by atoms with Crippen LogP contribution >= 0.6 is 11.6 Å². The molecule has 1 aliphatic carbocycles. The summed E-state index contributed by atoms with van der Waals surface area (Å²) in [5, 5.41) is 2.73. The van der Waals surface area contributed by atoms with Gasteiger partial charge in [-0.15, -0.1) is 0 Å². The fraction of sp³-hybridized carbons (Fsp3) is 0.417. The summed E-state index contributed by atoms with van der Waals surface area (Å²) in [6.45, 7) is 0.328. The van der Waals surface area contributed by atoms with Crippen molar-refractivity contribution >= 4 is 23.2 Å². The molecule has 17 heavy (non-hydrogen) atoms. The molecule has 92 valence electrons. The van der Waals surface area contributed by atoms with Gasteiger partial charge in [-0.25, -0.2) is 4.39 Å². The van der Waals surface area contributed by atoms with E-state index in [-0.39, 0.29) is 10.9 Å². The molecule has 0 radical (unpaired) electrons. The minimum atomic E-state index is -0.542. The molecule has 0 atom stereocenters. The molecule has 1 aliphatic rings. The van der Waals surface area contributed by atoms with Crippen molar-refractivity contribution in [2.24, 2.45) is 11.1 Å². The number of hydrogen-bond donors (Lipinski definition) is 2. The SMILES string of the molecule is NCC1(C(=O)Nc2ccc(Cl)c(F)c2)CCC1. The quantitative estimate of drug-likeness (QED) is 0.873. The van der Waals surface area contributed by atoms with Crippen molar-refractivity contribution < 1.29 is 9.18 Å². The number of anilines is 1. The van der Waals surface area contributed by atoms with E-state index in [1.807, 2.05) is 0 Å².